The maximum atomic E-state index is 6.19. The molecule has 1 aromatic rings. The Bertz CT molecular complexity index is 430. The van der Waals surface area contributed by atoms with Crippen LogP contribution < -0.4 is 10.1 Å². The van der Waals surface area contributed by atoms with Crippen molar-refractivity contribution in [3.63, 3.8) is 0 Å². The van der Waals surface area contributed by atoms with Gasteiger partial charge in [-0.25, -0.2) is 0 Å². The molecule has 0 bridgehead atoms. The summed E-state index contributed by atoms with van der Waals surface area (Å²) in [4.78, 5) is 0. The van der Waals surface area contributed by atoms with E-state index in [4.69, 9.17) is 21.1 Å². The van der Waals surface area contributed by atoms with E-state index in [9.17, 15) is 0 Å². The summed E-state index contributed by atoms with van der Waals surface area (Å²) in [6.45, 7) is 7.69. The van der Waals surface area contributed by atoms with Crippen LogP contribution in [0.4, 0.5) is 0 Å². The van der Waals surface area contributed by atoms with E-state index in [0.717, 1.165) is 31.9 Å². The van der Waals surface area contributed by atoms with Gasteiger partial charge >= 0.3 is 0 Å². The van der Waals surface area contributed by atoms with Crippen LogP contribution in [0.3, 0.4) is 0 Å². The molecule has 0 radical (unpaired) electrons. The molecule has 0 saturated carbocycles. The maximum absolute atomic E-state index is 6.19. The van der Waals surface area contributed by atoms with Crippen molar-refractivity contribution in [3.8, 4) is 5.75 Å². The minimum atomic E-state index is 0.471. The van der Waals surface area contributed by atoms with Crippen molar-refractivity contribution >= 4 is 11.6 Å². The largest absolute Gasteiger partial charge is 0.488 e. The molecule has 20 heavy (non-hydrogen) atoms. The van der Waals surface area contributed by atoms with E-state index < -0.39 is 0 Å². The van der Waals surface area contributed by atoms with Gasteiger partial charge < -0.3 is 14.8 Å². The van der Waals surface area contributed by atoms with Crippen LogP contribution in [0.15, 0.2) is 30.9 Å². The summed E-state index contributed by atoms with van der Waals surface area (Å²) < 4.78 is 10.9. The van der Waals surface area contributed by atoms with Crippen molar-refractivity contribution in [2.45, 2.75) is 19.4 Å². The third-order valence-corrected chi connectivity index (χ3v) is 3.67. The summed E-state index contributed by atoms with van der Waals surface area (Å²) in [7, 11) is 0. The molecule has 4 heteroatoms. The fraction of sp³-hybridized carbons (Fsp3) is 0.500. The van der Waals surface area contributed by atoms with Gasteiger partial charge in [0.05, 0.1) is 11.6 Å². The number of rotatable bonds is 7. The summed E-state index contributed by atoms with van der Waals surface area (Å²) in [5.41, 5.74) is 1.16. The van der Waals surface area contributed by atoms with Gasteiger partial charge in [-0.05, 0) is 36.5 Å². The molecule has 1 saturated heterocycles. The van der Waals surface area contributed by atoms with Gasteiger partial charge in [-0.15, -0.1) is 0 Å². The lowest BCUT2D eigenvalue weighted by Gasteiger charge is -2.22. The zero-order chi connectivity index (χ0) is 14.2. The van der Waals surface area contributed by atoms with Crippen molar-refractivity contribution in [1.29, 1.82) is 0 Å². The predicted octanol–water partition coefficient (Wildman–Crippen LogP) is 3.42. The van der Waals surface area contributed by atoms with Crippen LogP contribution in [0.5, 0.6) is 5.75 Å². The SMILES string of the molecule is C=CCOc1ccc(CNCC2CCCOC2)cc1Cl. The minimum absolute atomic E-state index is 0.471. The minimum Gasteiger partial charge on any atom is -0.488 e. The summed E-state index contributed by atoms with van der Waals surface area (Å²) in [6.07, 6.45) is 4.13. The number of hydrogen-bond donors (Lipinski definition) is 1. The van der Waals surface area contributed by atoms with Crippen molar-refractivity contribution in [2.75, 3.05) is 26.4 Å². The number of benzene rings is 1. The normalized spacial score (nSPS) is 18.8. The van der Waals surface area contributed by atoms with Crippen LogP contribution in [-0.2, 0) is 11.3 Å². The first-order chi connectivity index (χ1) is 9.79. The number of halogens is 1. The molecule has 1 N–H and O–H groups in total. The quantitative estimate of drug-likeness (QED) is 0.782. The highest BCUT2D eigenvalue weighted by atomic mass is 35.5. The van der Waals surface area contributed by atoms with Crippen molar-refractivity contribution in [2.24, 2.45) is 5.92 Å². The second-order valence-corrected chi connectivity index (χ2v) is 5.49. The molecule has 1 fully saturated rings. The average molecular weight is 296 g/mol. The Morgan fingerprint density at radius 2 is 2.40 bits per heavy atom. The second kappa shape index (κ2) is 8.30. The molecule has 3 nitrogen and oxygen atoms in total. The molecule has 0 amide bonds. The highest BCUT2D eigenvalue weighted by Crippen LogP contribution is 2.25. The molecular formula is C16H22ClNO2. The zero-order valence-electron chi connectivity index (χ0n) is 11.7. The van der Waals surface area contributed by atoms with Crippen LogP contribution in [0, 0.1) is 5.92 Å². The van der Waals surface area contributed by atoms with Crippen molar-refractivity contribution < 1.29 is 9.47 Å². The first-order valence-electron chi connectivity index (χ1n) is 7.10. The fourth-order valence-electron chi connectivity index (χ4n) is 2.31. The highest BCUT2D eigenvalue weighted by molar-refractivity contribution is 6.32. The lowest BCUT2D eigenvalue weighted by atomic mass is 10.0. The molecular weight excluding hydrogens is 274 g/mol. The molecule has 0 aromatic heterocycles. The van der Waals surface area contributed by atoms with Gasteiger partial charge in [0.25, 0.3) is 0 Å². The first-order valence-corrected chi connectivity index (χ1v) is 7.48. The highest BCUT2D eigenvalue weighted by Gasteiger charge is 2.13. The van der Waals surface area contributed by atoms with Crippen molar-refractivity contribution in [1.82, 2.24) is 5.32 Å². The van der Waals surface area contributed by atoms with E-state index in [1.807, 2.05) is 18.2 Å². The standard InChI is InChI=1S/C16H22ClNO2/c1-2-7-20-16-6-5-13(9-15(16)17)10-18-11-14-4-3-8-19-12-14/h2,5-6,9,14,18H,1,3-4,7-8,10-12H2. The molecule has 110 valence electrons. The summed E-state index contributed by atoms with van der Waals surface area (Å²) in [6, 6.07) is 5.89. The summed E-state index contributed by atoms with van der Waals surface area (Å²) in [5.74, 6) is 1.34. The van der Waals surface area contributed by atoms with E-state index >= 15 is 0 Å². The van der Waals surface area contributed by atoms with Gasteiger partial charge in [0.1, 0.15) is 12.4 Å². The summed E-state index contributed by atoms with van der Waals surface area (Å²) in [5, 5.41) is 4.11. The van der Waals surface area contributed by atoms with Gasteiger partial charge in [-0.1, -0.05) is 30.3 Å². The van der Waals surface area contributed by atoms with Gasteiger partial charge in [-0.3, -0.25) is 0 Å². The molecule has 1 heterocycles. The molecule has 1 aliphatic rings. The third kappa shape index (κ3) is 4.82. The van der Waals surface area contributed by atoms with Gasteiger partial charge in [0.15, 0.2) is 0 Å². The molecule has 1 unspecified atom stereocenters. The molecule has 1 aromatic carbocycles. The number of hydrogen-bond acceptors (Lipinski definition) is 3. The number of nitrogens with one attached hydrogen (secondary N) is 1. The fourth-order valence-corrected chi connectivity index (χ4v) is 2.57. The Morgan fingerprint density at radius 1 is 1.50 bits per heavy atom. The topological polar surface area (TPSA) is 30.5 Å². The van der Waals surface area contributed by atoms with Crippen LogP contribution in [-0.4, -0.2) is 26.4 Å². The Labute approximate surface area is 125 Å². The van der Waals surface area contributed by atoms with E-state index in [1.165, 1.54) is 12.8 Å². The average Bonchev–Trinajstić information content (AvgIpc) is 2.47. The molecule has 0 spiro atoms. The van der Waals surface area contributed by atoms with Crippen LogP contribution >= 0.6 is 11.6 Å². The zero-order valence-corrected chi connectivity index (χ0v) is 12.5. The van der Waals surface area contributed by atoms with Gasteiger partial charge in [-0.2, -0.15) is 0 Å². The van der Waals surface area contributed by atoms with Crippen molar-refractivity contribution in [3.05, 3.63) is 41.4 Å². The Hall–Kier alpha value is -1.03. The van der Waals surface area contributed by atoms with E-state index in [-0.39, 0.29) is 0 Å². The molecule has 0 aliphatic carbocycles. The lowest BCUT2D eigenvalue weighted by Crippen LogP contribution is -2.28. The molecule has 1 aliphatic heterocycles. The van der Waals surface area contributed by atoms with Crippen LogP contribution in [0.25, 0.3) is 0 Å². The Morgan fingerprint density at radius 3 is 3.10 bits per heavy atom. The first kappa shape index (κ1) is 15.4. The van der Waals surface area contributed by atoms with E-state index in [2.05, 4.69) is 11.9 Å². The Kier molecular flexibility index (Phi) is 6.37. The monoisotopic (exact) mass is 295 g/mol. The predicted molar refractivity (Wildman–Crippen MR) is 82.4 cm³/mol. The second-order valence-electron chi connectivity index (χ2n) is 5.08. The number of ether oxygens (including phenoxy) is 2. The van der Waals surface area contributed by atoms with E-state index in [0.29, 0.717) is 23.3 Å². The van der Waals surface area contributed by atoms with Gasteiger partial charge in [0.2, 0.25) is 0 Å². The molecule has 1 atom stereocenters. The summed E-state index contributed by atoms with van der Waals surface area (Å²) >= 11 is 6.19. The van der Waals surface area contributed by atoms with Crippen LogP contribution in [0.2, 0.25) is 5.02 Å². The smallest absolute Gasteiger partial charge is 0.138 e. The Balaban J connectivity index is 1.77. The third-order valence-electron chi connectivity index (χ3n) is 3.37. The van der Waals surface area contributed by atoms with Gasteiger partial charge in [0, 0.05) is 19.7 Å². The maximum Gasteiger partial charge on any atom is 0.138 e. The van der Waals surface area contributed by atoms with E-state index in [1.54, 1.807) is 6.08 Å². The van der Waals surface area contributed by atoms with Crippen LogP contribution in [0.1, 0.15) is 18.4 Å². The lowest BCUT2D eigenvalue weighted by molar-refractivity contribution is 0.0547. The molecule has 2 rings (SSSR count).